The minimum Gasteiger partial charge on any atom is -0.497 e. The van der Waals surface area contributed by atoms with Gasteiger partial charge in [0.25, 0.3) is 5.91 Å². The van der Waals surface area contributed by atoms with E-state index in [9.17, 15) is 4.79 Å². The van der Waals surface area contributed by atoms with E-state index in [1.165, 1.54) is 0 Å². The normalized spacial score (nSPS) is 11.8. The maximum Gasteiger partial charge on any atom is 0.258 e. The second-order valence-electron chi connectivity index (χ2n) is 6.07. The molecule has 4 heteroatoms. The number of amides is 1. The predicted octanol–water partition coefficient (Wildman–Crippen LogP) is 4.49. The van der Waals surface area contributed by atoms with E-state index in [4.69, 9.17) is 9.47 Å². The first kappa shape index (κ1) is 17.8. The summed E-state index contributed by atoms with van der Waals surface area (Å²) in [7, 11) is 1.64. The van der Waals surface area contributed by atoms with Gasteiger partial charge in [-0.2, -0.15) is 0 Å². The highest BCUT2D eigenvalue weighted by atomic mass is 16.5. The van der Waals surface area contributed by atoms with Crippen LogP contribution < -0.4 is 14.8 Å². The van der Waals surface area contributed by atoms with Gasteiger partial charge in [0, 0.05) is 5.39 Å². The van der Waals surface area contributed by atoms with Crippen molar-refractivity contribution < 1.29 is 14.3 Å². The Hall–Kier alpha value is -3.01. The van der Waals surface area contributed by atoms with Crippen molar-refractivity contribution in [3.8, 4) is 11.5 Å². The van der Waals surface area contributed by atoms with Gasteiger partial charge in [-0.3, -0.25) is 4.79 Å². The third kappa shape index (κ3) is 4.14. The molecule has 0 aliphatic heterocycles. The highest BCUT2D eigenvalue weighted by molar-refractivity contribution is 5.88. The molecule has 134 valence electrons. The van der Waals surface area contributed by atoms with Crippen molar-refractivity contribution in [3.63, 3.8) is 0 Å². The highest BCUT2D eigenvalue weighted by Crippen LogP contribution is 2.25. The summed E-state index contributed by atoms with van der Waals surface area (Å²) in [6.07, 6.45) is 0.798. The van der Waals surface area contributed by atoms with E-state index in [1.54, 1.807) is 7.11 Å². The van der Waals surface area contributed by atoms with E-state index in [1.807, 2.05) is 73.7 Å². The molecule has 1 atom stereocenters. The summed E-state index contributed by atoms with van der Waals surface area (Å²) in [6, 6.07) is 21.5. The van der Waals surface area contributed by atoms with Gasteiger partial charge in [0.15, 0.2) is 6.61 Å². The Morgan fingerprint density at radius 2 is 1.73 bits per heavy atom. The lowest BCUT2D eigenvalue weighted by molar-refractivity contribution is -0.123. The molecular weight excluding hydrogens is 326 g/mol. The molecule has 0 aliphatic rings. The van der Waals surface area contributed by atoms with E-state index < -0.39 is 0 Å². The van der Waals surface area contributed by atoms with E-state index in [0.717, 1.165) is 34.3 Å². The summed E-state index contributed by atoms with van der Waals surface area (Å²) >= 11 is 0. The van der Waals surface area contributed by atoms with Gasteiger partial charge in [-0.1, -0.05) is 55.5 Å². The molecule has 1 N–H and O–H groups in total. The van der Waals surface area contributed by atoms with Crippen LogP contribution in [0.5, 0.6) is 11.5 Å². The summed E-state index contributed by atoms with van der Waals surface area (Å²) in [5.74, 6) is 1.38. The summed E-state index contributed by atoms with van der Waals surface area (Å²) < 4.78 is 10.9. The zero-order chi connectivity index (χ0) is 18.4. The number of rotatable bonds is 7. The van der Waals surface area contributed by atoms with Crippen LogP contribution in [0.2, 0.25) is 0 Å². The summed E-state index contributed by atoms with van der Waals surface area (Å²) in [4.78, 5) is 12.4. The second kappa shape index (κ2) is 8.39. The van der Waals surface area contributed by atoms with E-state index >= 15 is 0 Å². The highest BCUT2D eigenvalue weighted by Gasteiger charge is 2.13. The Kier molecular flexibility index (Phi) is 5.74. The van der Waals surface area contributed by atoms with Gasteiger partial charge in [-0.25, -0.2) is 0 Å². The van der Waals surface area contributed by atoms with E-state index in [2.05, 4.69) is 5.32 Å². The van der Waals surface area contributed by atoms with E-state index in [-0.39, 0.29) is 18.6 Å². The monoisotopic (exact) mass is 349 g/mol. The Morgan fingerprint density at radius 1 is 1.00 bits per heavy atom. The number of carbonyl (C=O) groups is 1. The molecule has 0 radical (unpaired) electrons. The van der Waals surface area contributed by atoms with E-state index in [0.29, 0.717) is 0 Å². The first-order valence-corrected chi connectivity index (χ1v) is 8.75. The van der Waals surface area contributed by atoms with Crippen LogP contribution in [0.4, 0.5) is 0 Å². The number of nitrogens with one attached hydrogen (secondary N) is 1. The topological polar surface area (TPSA) is 47.6 Å². The molecule has 1 amide bonds. The maximum atomic E-state index is 12.4. The molecule has 0 saturated heterocycles. The van der Waals surface area contributed by atoms with Gasteiger partial charge in [0.2, 0.25) is 0 Å². The maximum absolute atomic E-state index is 12.4. The van der Waals surface area contributed by atoms with Crippen molar-refractivity contribution in [2.75, 3.05) is 13.7 Å². The van der Waals surface area contributed by atoms with Crippen LogP contribution in [0.15, 0.2) is 66.7 Å². The molecular formula is C22H23NO3. The first-order valence-electron chi connectivity index (χ1n) is 8.75. The number of fused-ring (bicyclic) bond motifs is 1. The number of carbonyl (C=O) groups excluding carboxylic acids is 1. The molecule has 0 fully saturated rings. The van der Waals surface area contributed by atoms with Gasteiger partial charge in [-0.15, -0.1) is 0 Å². The van der Waals surface area contributed by atoms with Crippen molar-refractivity contribution in [2.24, 2.45) is 0 Å². The average Bonchev–Trinajstić information content (AvgIpc) is 2.70. The fourth-order valence-electron chi connectivity index (χ4n) is 2.96. The summed E-state index contributed by atoms with van der Waals surface area (Å²) in [6.45, 7) is 2.03. The number of hydrogen-bond donors (Lipinski definition) is 1. The molecule has 0 bridgehead atoms. The molecule has 4 nitrogen and oxygen atoms in total. The lowest BCUT2D eigenvalue weighted by Crippen LogP contribution is -2.32. The Labute approximate surface area is 153 Å². The molecule has 0 aromatic heterocycles. The van der Waals surface area contributed by atoms with Crippen molar-refractivity contribution in [1.82, 2.24) is 5.32 Å². The predicted molar refractivity (Wildman–Crippen MR) is 104 cm³/mol. The molecule has 3 aromatic rings. The van der Waals surface area contributed by atoms with Crippen molar-refractivity contribution in [3.05, 3.63) is 72.3 Å². The molecule has 0 unspecified atom stereocenters. The zero-order valence-corrected chi connectivity index (χ0v) is 15.1. The average molecular weight is 349 g/mol. The molecule has 0 aliphatic carbocycles. The zero-order valence-electron chi connectivity index (χ0n) is 15.1. The molecule has 26 heavy (non-hydrogen) atoms. The smallest absolute Gasteiger partial charge is 0.258 e. The van der Waals surface area contributed by atoms with Crippen molar-refractivity contribution in [1.29, 1.82) is 0 Å². The first-order chi connectivity index (χ1) is 12.7. The van der Waals surface area contributed by atoms with Crippen LogP contribution in [0.25, 0.3) is 10.8 Å². The van der Waals surface area contributed by atoms with Crippen LogP contribution in [-0.4, -0.2) is 19.6 Å². The Morgan fingerprint density at radius 3 is 2.46 bits per heavy atom. The SMILES string of the molecule is CC[C@H](NC(=O)COc1cccc2ccccc12)c1ccc(OC)cc1. The second-order valence-corrected chi connectivity index (χ2v) is 6.07. The molecule has 3 aromatic carbocycles. The number of benzene rings is 3. The van der Waals surface area contributed by atoms with Gasteiger partial charge in [0.1, 0.15) is 11.5 Å². The van der Waals surface area contributed by atoms with Crippen LogP contribution in [0.1, 0.15) is 24.9 Å². The third-order valence-electron chi connectivity index (χ3n) is 4.37. The lowest BCUT2D eigenvalue weighted by atomic mass is 10.0. The van der Waals surface area contributed by atoms with Gasteiger partial charge in [-0.05, 0) is 35.6 Å². The summed E-state index contributed by atoms with van der Waals surface area (Å²) in [5.41, 5.74) is 1.05. The van der Waals surface area contributed by atoms with Gasteiger partial charge < -0.3 is 14.8 Å². The minimum absolute atomic E-state index is 0.0132. The fourth-order valence-corrected chi connectivity index (χ4v) is 2.96. The van der Waals surface area contributed by atoms with Crippen LogP contribution >= 0.6 is 0 Å². The quantitative estimate of drug-likeness (QED) is 0.683. The van der Waals surface area contributed by atoms with Crippen LogP contribution in [-0.2, 0) is 4.79 Å². The lowest BCUT2D eigenvalue weighted by Gasteiger charge is -2.18. The fraction of sp³-hybridized carbons (Fsp3) is 0.227. The molecule has 3 rings (SSSR count). The third-order valence-corrected chi connectivity index (χ3v) is 4.37. The minimum atomic E-state index is -0.138. The number of methoxy groups -OCH3 is 1. The standard InChI is InChI=1S/C22H23NO3/c1-3-20(17-11-13-18(25-2)14-12-17)23-22(24)15-26-21-10-6-8-16-7-4-5-9-19(16)21/h4-14,20H,3,15H2,1-2H3,(H,23,24)/t20-/m0/s1. The Bertz CT molecular complexity index is 869. The molecule has 0 spiro atoms. The van der Waals surface area contributed by atoms with Gasteiger partial charge in [0.05, 0.1) is 13.2 Å². The van der Waals surface area contributed by atoms with Crippen LogP contribution in [0, 0.1) is 0 Å². The molecule has 0 heterocycles. The molecule has 0 saturated carbocycles. The summed E-state index contributed by atoms with van der Waals surface area (Å²) in [5, 5.41) is 5.13. The van der Waals surface area contributed by atoms with Crippen molar-refractivity contribution in [2.45, 2.75) is 19.4 Å². The van der Waals surface area contributed by atoms with Crippen molar-refractivity contribution >= 4 is 16.7 Å². The largest absolute Gasteiger partial charge is 0.497 e. The number of hydrogen-bond acceptors (Lipinski definition) is 3. The van der Waals surface area contributed by atoms with Crippen LogP contribution in [0.3, 0.4) is 0 Å². The number of ether oxygens (including phenoxy) is 2. The van der Waals surface area contributed by atoms with Gasteiger partial charge >= 0.3 is 0 Å². The Balaban J connectivity index is 1.63.